The molecule has 2 amide bonds. The van der Waals surface area contributed by atoms with Crippen LogP contribution in [0.5, 0.6) is 0 Å². The highest BCUT2D eigenvalue weighted by molar-refractivity contribution is 6.07. The Morgan fingerprint density at radius 1 is 1.07 bits per heavy atom. The van der Waals surface area contributed by atoms with Gasteiger partial charge in [-0.15, -0.1) is 0 Å². The van der Waals surface area contributed by atoms with E-state index in [-0.39, 0.29) is 36.8 Å². The molecule has 2 aromatic rings. The molecule has 1 aliphatic heterocycles. The zero-order chi connectivity index (χ0) is 19.0. The molecule has 0 spiro atoms. The number of carbonyl (C=O) groups excluding carboxylic acids is 3. The van der Waals surface area contributed by atoms with E-state index in [1.807, 2.05) is 24.3 Å². The molecule has 2 aliphatic rings. The predicted molar refractivity (Wildman–Crippen MR) is 96.2 cm³/mol. The molecule has 7 nitrogen and oxygen atoms in total. The van der Waals surface area contributed by atoms with Gasteiger partial charge in [-0.25, -0.2) is 9.97 Å². The van der Waals surface area contributed by atoms with Crippen LogP contribution in [0.15, 0.2) is 24.3 Å². The van der Waals surface area contributed by atoms with Gasteiger partial charge in [-0.3, -0.25) is 19.3 Å². The van der Waals surface area contributed by atoms with E-state index >= 15 is 0 Å². The topological polar surface area (TPSA) is 89.5 Å². The number of aryl methyl sites for hydroxylation is 1. The largest absolute Gasteiger partial charge is 0.458 e. The highest BCUT2D eigenvalue weighted by Crippen LogP contribution is 2.37. The fraction of sp³-hybridized carbons (Fsp3) is 0.450. The van der Waals surface area contributed by atoms with Crippen LogP contribution in [-0.4, -0.2) is 39.2 Å². The van der Waals surface area contributed by atoms with Gasteiger partial charge in [-0.05, 0) is 31.9 Å². The van der Waals surface area contributed by atoms with Gasteiger partial charge in [-0.1, -0.05) is 25.0 Å². The fourth-order valence-corrected chi connectivity index (χ4v) is 3.97. The Bertz CT molecular complexity index is 903. The summed E-state index contributed by atoms with van der Waals surface area (Å²) in [6.07, 6.45) is 3.37. The maximum absolute atomic E-state index is 12.4. The predicted octanol–water partition coefficient (Wildman–Crippen LogP) is 2.16. The van der Waals surface area contributed by atoms with Gasteiger partial charge in [0.15, 0.2) is 0 Å². The van der Waals surface area contributed by atoms with Crippen molar-refractivity contribution in [3.8, 4) is 0 Å². The molecular formula is C20H21N3O4. The molecule has 1 saturated heterocycles. The molecule has 1 saturated carbocycles. The van der Waals surface area contributed by atoms with Crippen molar-refractivity contribution in [2.24, 2.45) is 11.8 Å². The van der Waals surface area contributed by atoms with Crippen LogP contribution in [0.3, 0.4) is 0 Å². The summed E-state index contributed by atoms with van der Waals surface area (Å²) >= 11 is 0. The number of aromatic nitrogens is 2. The van der Waals surface area contributed by atoms with Crippen LogP contribution in [0.4, 0.5) is 0 Å². The van der Waals surface area contributed by atoms with E-state index in [1.165, 1.54) is 0 Å². The van der Waals surface area contributed by atoms with Crippen molar-refractivity contribution in [3.05, 3.63) is 35.7 Å². The second kappa shape index (κ2) is 7.06. The van der Waals surface area contributed by atoms with Gasteiger partial charge in [-0.2, -0.15) is 0 Å². The molecule has 0 N–H and O–H groups in total. The van der Waals surface area contributed by atoms with Crippen LogP contribution in [0.1, 0.15) is 37.1 Å². The molecule has 1 aliphatic carbocycles. The number of esters is 1. The van der Waals surface area contributed by atoms with Crippen molar-refractivity contribution in [1.29, 1.82) is 0 Å². The first kappa shape index (κ1) is 17.6. The molecule has 1 aromatic heterocycles. The number of carbonyl (C=O) groups is 3. The molecule has 140 valence electrons. The van der Waals surface area contributed by atoms with Gasteiger partial charge in [0.25, 0.3) is 0 Å². The Hall–Kier alpha value is -2.83. The van der Waals surface area contributed by atoms with Gasteiger partial charge in [0.2, 0.25) is 11.8 Å². The number of fused-ring (bicyclic) bond motifs is 2. The average molecular weight is 367 g/mol. The molecule has 2 unspecified atom stereocenters. The van der Waals surface area contributed by atoms with Gasteiger partial charge in [0, 0.05) is 0 Å². The number of hydrogen-bond acceptors (Lipinski definition) is 6. The summed E-state index contributed by atoms with van der Waals surface area (Å²) in [6, 6.07) is 7.47. The Balaban J connectivity index is 1.41. The van der Waals surface area contributed by atoms with E-state index in [1.54, 1.807) is 6.92 Å². The Morgan fingerprint density at radius 3 is 2.30 bits per heavy atom. The lowest BCUT2D eigenvalue weighted by atomic mass is 9.81. The lowest BCUT2D eigenvalue weighted by Crippen LogP contribution is -2.36. The Labute approximate surface area is 156 Å². The standard InChI is InChI=1S/C20H21N3O4/c1-12-17(22-16-9-5-4-8-15(16)21-12)11-27-18(24)10-23-19(25)13-6-2-3-7-14(13)20(23)26/h4-5,8-9,13-14H,2-3,6-7,10-11H2,1H3. The van der Waals surface area contributed by atoms with Crippen LogP contribution in [-0.2, 0) is 25.7 Å². The van der Waals surface area contributed by atoms with Crippen molar-refractivity contribution in [2.45, 2.75) is 39.2 Å². The number of rotatable bonds is 4. The number of benzene rings is 1. The highest BCUT2D eigenvalue weighted by Gasteiger charge is 2.48. The van der Waals surface area contributed by atoms with Crippen molar-refractivity contribution in [3.63, 3.8) is 0 Å². The van der Waals surface area contributed by atoms with E-state index in [4.69, 9.17) is 4.74 Å². The van der Waals surface area contributed by atoms with Crippen LogP contribution in [0.2, 0.25) is 0 Å². The number of nitrogens with zero attached hydrogens (tertiary/aromatic N) is 3. The quantitative estimate of drug-likeness (QED) is 0.608. The first-order chi connectivity index (χ1) is 13.0. The molecule has 4 rings (SSSR count). The summed E-state index contributed by atoms with van der Waals surface area (Å²) < 4.78 is 5.28. The SMILES string of the molecule is Cc1nc2ccccc2nc1COC(=O)CN1C(=O)C2CCCCC2C1=O. The number of ether oxygens (including phenoxy) is 1. The van der Waals surface area contributed by atoms with E-state index in [2.05, 4.69) is 9.97 Å². The maximum atomic E-state index is 12.4. The molecular weight excluding hydrogens is 346 g/mol. The van der Waals surface area contributed by atoms with Crippen LogP contribution in [0, 0.1) is 18.8 Å². The third-order valence-corrected chi connectivity index (χ3v) is 5.43. The number of hydrogen-bond donors (Lipinski definition) is 0. The minimum atomic E-state index is -0.607. The fourth-order valence-electron chi connectivity index (χ4n) is 3.97. The molecule has 2 fully saturated rings. The summed E-state index contributed by atoms with van der Waals surface area (Å²) in [4.78, 5) is 47.1. The van der Waals surface area contributed by atoms with E-state index in [0.717, 1.165) is 41.6 Å². The average Bonchev–Trinajstić information content (AvgIpc) is 2.91. The Morgan fingerprint density at radius 2 is 1.67 bits per heavy atom. The lowest BCUT2D eigenvalue weighted by molar-refractivity contribution is -0.153. The second-order valence-corrected chi connectivity index (χ2v) is 7.17. The summed E-state index contributed by atoms with van der Waals surface area (Å²) in [6.45, 7) is 1.44. The van der Waals surface area contributed by atoms with Crippen molar-refractivity contribution in [1.82, 2.24) is 14.9 Å². The molecule has 0 radical (unpaired) electrons. The van der Waals surface area contributed by atoms with Crippen molar-refractivity contribution < 1.29 is 19.1 Å². The molecule has 1 aromatic carbocycles. The van der Waals surface area contributed by atoms with Gasteiger partial charge >= 0.3 is 5.97 Å². The molecule has 0 bridgehead atoms. The third-order valence-electron chi connectivity index (χ3n) is 5.43. The molecule has 2 atom stereocenters. The number of para-hydroxylation sites is 2. The summed E-state index contributed by atoms with van der Waals surface area (Å²) in [5.74, 6) is -1.59. The zero-order valence-electron chi connectivity index (χ0n) is 15.2. The Kier molecular flexibility index (Phi) is 4.59. The monoisotopic (exact) mass is 367 g/mol. The first-order valence-corrected chi connectivity index (χ1v) is 9.27. The van der Waals surface area contributed by atoms with Crippen LogP contribution in [0.25, 0.3) is 11.0 Å². The van der Waals surface area contributed by atoms with Gasteiger partial charge < -0.3 is 4.74 Å². The highest BCUT2D eigenvalue weighted by atomic mass is 16.5. The van der Waals surface area contributed by atoms with Crippen molar-refractivity contribution >= 4 is 28.8 Å². The summed E-state index contributed by atoms with van der Waals surface area (Å²) in [5.41, 5.74) is 2.75. The molecule has 27 heavy (non-hydrogen) atoms. The summed E-state index contributed by atoms with van der Waals surface area (Å²) in [7, 11) is 0. The zero-order valence-corrected chi connectivity index (χ0v) is 15.2. The van der Waals surface area contributed by atoms with Crippen molar-refractivity contribution in [2.75, 3.05) is 6.54 Å². The molecule has 7 heteroatoms. The van der Waals surface area contributed by atoms with Gasteiger partial charge in [0.1, 0.15) is 13.2 Å². The number of amides is 2. The smallest absolute Gasteiger partial charge is 0.326 e. The van der Waals surface area contributed by atoms with E-state index < -0.39 is 5.97 Å². The minimum absolute atomic E-state index is 0.0361. The van der Waals surface area contributed by atoms with Gasteiger partial charge in [0.05, 0.1) is 34.3 Å². The molecule has 2 heterocycles. The minimum Gasteiger partial charge on any atom is -0.458 e. The number of likely N-dealkylation sites (tertiary alicyclic amines) is 1. The first-order valence-electron chi connectivity index (χ1n) is 9.27. The van der Waals surface area contributed by atoms with Crippen LogP contribution >= 0.6 is 0 Å². The third kappa shape index (κ3) is 3.29. The van der Waals surface area contributed by atoms with E-state index in [0.29, 0.717) is 11.4 Å². The van der Waals surface area contributed by atoms with E-state index in [9.17, 15) is 14.4 Å². The summed E-state index contributed by atoms with van der Waals surface area (Å²) in [5, 5.41) is 0. The lowest BCUT2D eigenvalue weighted by Gasteiger charge is -2.19. The maximum Gasteiger partial charge on any atom is 0.326 e. The normalized spacial score (nSPS) is 22.2. The number of imide groups is 1. The second-order valence-electron chi connectivity index (χ2n) is 7.17. The van der Waals surface area contributed by atoms with Crippen LogP contribution < -0.4 is 0 Å².